The lowest BCUT2D eigenvalue weighted by Gasteiger charge is -2.67. The van der Waals surface area contributed by atoms with Gasteiger partial charge in [0, 0.05) is 30.1 Å². The summed E-state index contributed by atoms with van der Waals surface area (Å²) in [4.78, 5) is 3.65. The maximum absolute atomic E-state index is 13.6. The molecule has 0 spiro atoms. The molecule has 4 aliphatic rings. The van der Waals surface area contributed by atoms with Crippen molar-refractivity contribution in [2.24, 2.45) is 5.41 Å². The van der Waals surface area contributed by atoms with Gasteiger partial charge in [-0.25, -0.2) is 4.39 Å². The van der Waals surface area contributed by atoms with E-state index in [2.05, 4.69) is 11.0 Å². The van der Waals surface area contributed by atoms with Crippen LogP contribution in [0.3, 0.4) is 0 Å². The zero-order valence-electron chi connectivity index (χ0n) is 10.7. The van der Waals surface area contributed by atoms with E-state index in [-0.39, 0.29) is 5.41 Å². The van der Waals surface area contributed by atoms with Crippen LogP contribution < -0.4 is 5.73 Å². The molecule has 5 heteroatoms. The van der Waals surface area contributed by atoms with E-state index in [9.17, 15) is 9.65 Å². The molecule has 1 aliphatic heterocycles. The first-order chi connectivity index (χ1) is 9.03. The monoisotopic (exact) mass is 277 g/mol. The van der Waals surface area contributed by atoms with Gasteiger partial charge in [-0.3, -0.25) is 4.90 Å². The highest BCUT2D eigenvalue weighted by molar-refractivity contribution is 7.16. The molecule has 3 fully saturated rings. The fourth-order valence-corrected chi connectivity index (χ4v) is 5.24. The topological polar surface area (TPSA) is 53.1 Å². The van der Waals surface area contributed by atoms with Gasteiger partial charge in [0.1, 0.15) is 16.7 Å². The zero-order chi connectivity index (χ0) is 13.3. The van der Waals surface area contributed by atoms with Crippen molar-refractivity contribution in [1.29, 1.82) is 5.26 Å². The van der Waals surface area contributed by atoms with Gasteiger partial charge in [0.15, 0.2) is 0 Å². The number of fused-ring (bicyclic) bond motifs is 1. The number of nitriles is 1. The third kappa shape index (κ3) is 1.56. The summed E-state index contributed by atoms with van der Waals surface area (Å²) in [5.74, 6) is 0. The molecule has 3 aliphatic carbocycles. The van der Waals surface area contributed by atoms with Gasteiger partial charge >= 0.3 is 0 Å². The Morgan fingerprint density at radius 3 is 2.79 bits per heavy atom. The molecule has 3 saturated carbocycles. The Kier molecular flexibility index (Phi) is 2.15. The summed E-state index contributed by atoms with van der Waals surface area (Å²) < 4.78 is 13.6. The summed E-state index contributed by atoms with van der Waals surface area (Å²) in [7, 11) is 0. The van der Waals surface area contributed by atoms with Crippen molar-refractivity contribution in [3.8, 4) is 6.07 Å². The fraction of sp³-hybridized carbons (Fsp3) is 0.643. The number of hydrogen-bond donors (Lipinski definition) is 1. The summed E-state index contributed by atoms with van der Waals surface area (Å²) in [6.07, 6.45) is 3.23. The largest absolute Gasteiger partial charge is 0.389 e. The lowest BCUT2D eigenvalue weighted by atomic mass is 9.42. The van der Waals surface area contributed by atoms with E-state index in [4.69, 9.17) is 5.73 Å². The molecule has 19 heavy (non-hydrogen) atoms. The van der Waals surface area contributed by atoms with E-state index in [0.29, 0.717) is 10.6 Å². The number of anilines is 1. The van der Waals surface area contributed by atoms with Crippen LogP contribution in [0.25, 0.3) is 0 Å². The number of hydrogen-bond acceptors (Lipinski definition) is 4. The summed E-state index contributed by atoms with van der Waals surface area (Å²) >= 11 is 1.56. The quantitative estimate of drug-likeness (QED) is 0.903. The maximum atomic E-state index is 13.6. The maximum Gasteiger partial charge on any atom is 0.112 e. The van der Waals surface area contributed by atoms with Crippen molar-refractivity contribution in [2.75, 3.05) is 18.8 Å². The van der Waals surface area contributed by atoms with Crippen molar-refractivity contribution in [3.05, 3.63) is 16.0 Å². The van der Waals surface area contributed by atoms with Crippen LogP contribution in [-0.2, 0) is 13.0 Å². The fourth-order valence-electron chi connectivity index (χ4n) is 4.23. The Morgan fingerprint density at radius 2 is 2.16 bits per heavy atom. The minimum absolute atomic E-state index is 0.251. The molecule has 0 amide bonds. The molecular weight excluding hydrogens is 261 g/mol. The van der Waals surface area contributed by atoms with Crippen molar-refractivity contribution in [3.63, 3.8) is 0 Å². The lowest BCUT2D eigenvalue weighted by Crippen LogP contribution is -2.68. The van der Waals surface area contributed by atoms with Gasteiger partial charge in [-0.05, 0) is 31.1 Å². The predicted octanol–water partition coefficient (Wildman–Crippen LogP) is 2.45. The molecule has 100 valence electrons. The highest BCUT2D eigenvalue weighted by Crippen LogP contribution is 2.69. The van der Waals surface area contributed by atoms with Crippen LogP contribution in [0.4, 0.5) is 9.39 Å². The standard InChI is InChI=1S/C14H16FN3S/c15-14-5-13(6-14,7-14)8-18-2-1-11-10(4-18)9(3-16)12(17)19-11/h1-2,4-8,17H2. The Hall–Kier alpha value is -1.12. The number of alkyl halides is 1. The average molecular weight is 277 g/mol. The number of thiophene rings is 1. The van der Waals surface area contributed by atoms with Gasteiger partial charge < -0.3 is 5.73 Å². The van der Waals surface area contributed by atoms with E-state index >= 15 is 0 Å². The third-order valence-electron chi connectivity index (χ3n) is 4.90. The van der Waals surface area contributed by atoms with Gasteiger partial charge in [-0.15, -0.1) is 11.3 Å². The Bertz CT molecular complexity index is 581. The molecule has 2 N–H and O–H groups in total. The molecule has 1 aromatic rings. The number of nitrogens with zero attached hydrogens (tertiary/aromatic N) is 2. The van der Waals surface area contributed by atoms with E-state index < -0.39 is 5.67 Å². The zero-order valence-corrected chi connectivity index (χ0v) is 11.5. The number of rotatable bonds is 2. The molecule has 0 atom stereocenters. The lowest BCUT2D eigenvalue weighted by molar-refractivity contribution is -0.222. The number of nitrogen functional groups attached to an aromatic ring is 1. The summed E-state index contributed by atoms with van der Waals surface area (Å²) in [6.45, 7) is 2.81. The molecule has 1 aromatic heterocycles. The van der Waals surface area contributed by atoms with Crippen molar-refractivity contribution in [1.82, 2.24) is 4.90 Å². The first-order valence-corrected chi connectivity index (χ1v) is 7.56. The Morgan fingerprint density at radius 1 is 1.42 bits per heavy atom. The van der Waals surface area contributed by atoms with Gasteiger partial charge in [-0.2, -0.15) is 5.26 Å². The van der Waals surface area contributed by atoms with Gasteiger partial charge in [0.2, 0.25) is 0 Å². The normalized spacial score (nSPS) is 36.0. The highest BCUT2D eigenvalue weighted by atomic mass is 32.1. The molecule has 0 unspecified atom stereocenters. The van der Waals surface area contributed by atoms with Crippen LogP contribution in [0.1, 0.15) is 35.3 Å². The minimum atomic E-state index is -0.814. The number of halogens is 1. The summed E-state index contributed by atoms with van der Waals surface area (Å²) in [5.41, 5.74) is 7.13. The van der Waals surface area contributed by atoms with Crippen LogP contribution in [0, 0.1) is 16.7 Å². The molecular formula is C14H16FN3S. The second kappa shape index (κ2) is 3.50. The van der Waals surface area contributed by atoms with E-state index in [0.717, 1.165) is 50.9 Å². The Labute approximate surface area is 115 Å². The molecule has 2 bridgehead atoms. The summed E-state index contributed by atoms with van der Waals surface area (Å²) in [6, 6.07) is 2.23. The molecule has 3 nitrogen and oxygen atoms in total. The van der Waals surface area contributed by atoms with Crippen molar-refractivity contribution >= 4 is 16.3 Å². The van der Waals surface area contributed by atoms with Gasteiger partial charge in [-0.1, -0.05) is 0 Å². The first kappa shape index (κ1) is 11.7. The van der Waals surface area contributed by atoms with E-state index in [1.165, 1.54) is 4.88 Å². The molecule has 0 saturated heterocycles. The Balaban J connectivity index is 1.51. The van der Waals surface area contributed by atoms with Gasteiger partial charge in [0.05, 0.1) is 5.56 Å². The van der Waals surface area contributed by atoms with Crippen LogP contribution in [0.15, 0.2) is 0 Å². The van der Waals surface area contributed by atoms with Crippen LogP contribution in [0.5, 0.6) is 0 Å². The SMILES string of the molecule is N#Cc1c(N)sc2c1CN(CC13CC(F)(C1)C3)CC2. The smallest absolute Gasteiger partial charge is 0.112 e. The van der Waals surface area contributed by atoms with Crippen LogP contribution in [-0.4, -0.2) is 23.7 Å². The molecule has 5 rings (SSSR count). The van der Waals surface area contributed by atoms with Crippen molar-refractivity contribution in [2.45, 2.75) is 37.9 Å². The minimum Gasteiger partial charge on any atom is -0.389 e. The average Bonchev–Trinajstić information content (AvgIpc) is 2.60. The van der Waals surface area contributed by atoms with E-state index in [1.54, 1.807) is 11.3 Å². The molecule has 0 radical (unpaired) electrons. The first-order valence-electron chi connectivity index (χ1n) is 6.74. The second-order valence-corrected chi connectivity index (χ2v) is 7.63. The predicted molar refractivity (Wildman–Crippen MR) is 72.6 cm³/mol. The van der Waals surface area contributed by atoms with Crippen LogP contribution in [0.2, 0.25) is 0 Å². The van der Waals surface area contributed by atoms with Crippen LogP contribution >= 0.6 is 11.3 Å². The summed E-state index contributed by atoms with van der Waals surface area (Å²) in [5, 5.41) is 9.84. The molecule has 0 aromatic carbocycles. The van der Waals surface area contributed by atoms with E-state index in [1.807, 2.05) is 0 Å². The highest BCUT2D eigenvalue weighted by Gasteiger charge is 2.69. The van der Waals surface area contributed by atoms with Gasteiger partial charge in [0.25, 0.3) is 0 Å². The number of nitrogens with two attached hydrogens (primary N) is 1. The third-order valence-corrected chi connectivity index (χ3v) is 6.02. The second-order valence-electron chi connectivity index (χ2n) is 6.50. The van der Waals surface area contributed by atoms with Crippen molar-refractivity contribution < 1.29 is 4.39 Å². The molecule has 2 heterocycles.